The topological polar surface area (TPSA) is 77.6 Å². The first kappa shape index (κ1) is 39.1. The van der Waals surface area contributed by atoms with Crippen molar-refractivity contribution >= 4 is 12.8 Å². The van der Waals surface area contributed by atoms with E-state index < -0.39 is 0 Å². The van der Waals surface area contributed by atoms with E-state index in [-0.39, 0.29) is 40.8 Å². The molecule has 0 unspecified atom stereocenters. The van der Waals surface area contributed by atoms with Crippen LogP contribution in [0.1, 0.15) is 52.7 Å². The van der Waals surface area contributed by atoms with Crippen LogP contribution in [0.5, 0.6) is 11.5 Å². The number of nitrogens with zero attached hydrogens (tertiary/aromatic N) is 4. The van der Waals surface area contributed by atoms with Crippen LogP contribution >= 0.6 is 0 Å². The van der Waals surface area contributed by atoms with Gasteiger partial charge in [-0.1, -0.05) is 0 Å². The molecule has 11 heteroatoms. The van der Waals surface area contributed by atoms with Crippen molar-refractivity contribution in [2.45, 2.75) is 72.6 Å². The molecule has 2 aliphatic heterocycles. The van der Waals surface area contributed by atoms with Crippen molar-refractivity contribution in [2.24, 2.45) is 0 Å². The van der Waals surface area contributed by atoms with Crippen molar-refractivity contribution < 1.29 is 59.9 Å². The van der Waals surface area contributed by atoms with Gasteiger partial charge in [-0.25, -0.2) is 0 Å². The molecule has 1 aromatic carbocycles. The second-order valence-corrected chi connectivity index (χ2v) is 9.98. The van der Waals surface area contributed by atoms with Crippen LogP contribution in [0, 0.1) is 0 Å². The van der Waals surface area contributed by atoms with Crippen molar-refractivity contribution in [1.82, 2.24) is 24.9 Å². The van der Waals surface area contributed by atoms with E-state index in [1.165, 1.54) is 11.1 Å². The molecule has 1 saturated heterocycles. The Kier molecular flexibility index (Phi) is 21.4. The molecule has 1 fully saturated rings. The third-order valence-corrected chi connectivity index (χ3v) is 6.63. The summed E-state index contributed by atoms with van der Waals surface area (Å²) in [5, 5.41) is 2.45. The van der Waals surface area contributed by atoms with Crippen LogP contribution in [0.2, 0.25) is 0 Å². The predicted molar refractivity (Wildman–Crippen MR) is 144 cm³/mol. The van der Waals surface area contributed by atoms with Crippen LogP contribution in [-0.4, -0.2) is 105 Å². The monoisotopic (exact) mass is 879 g/mol. The molecule has 9 nitrogen and oxygen atoms in total. The number of carbonyl (C=O) groups excluding carboxylic acids is 2. The Labute approximate surface area is 258 Å². The van der Waals surface area contributed by atoms with Crippen LogP contribution in [-0.2, 0) is 63.4 Å². The van der Waals surface area contributed by atoms with E-state index in [2.05, 4.69) is 68.8 Å². The van der Waals surface area contributed by atoms with E-state index in [0.717, 1.165) is 50.8 Å². The Morgan fingerprint density at radius 1 is 0.895 bits per heavy atom. The van der Waals surface area contributed by atoms with Crippen LogP contribution < -0.4 is 14.8 Å². The molecule has 220 valence electrons. The zero-order valence-electron chi connectivity index (χ0n) is 24.5. The second-order valence-electron chi connectivity index (χ2n) is 9.98. The summed E-state index contributed by atoms with van der Waals surface area (Å²) < 4.78 is 10.7. The van der Waals surface area contributed by atoms with Crippen LogP contribution in [0.25, 0.3) is 0 Å². The summed E-state index contributed by atoms with van der Waals surface area (Å²) in [5.74, 6) is 1.67. The number of amides is 2. The molecule has 1 aromatic rings. The maximum absolute atomic E-state index is 10.1. The van der Waals surface area contributed by atoms with Crippen molar-refractivity contribution in [1.29, 1.82) is 0 Å². The van der Waals surface area contributed by atoms with E-state index in [9.17, 15) is 9.59 Å². The summed E-state index contributed by atoms with van der Waals surface area (Å²) >= 11 is 0. The minimum absolute atomic E-state index is 0. The maximum atomic E-state index is 10.1. The van der Waals surface area contributed by atoms with Gasteiger partial charge in [0.15, 0.2) is 11.5 Å². The SMILES string of the molecule is CC(C)N(C)CN[C-]=O.CC(C)N1CCN([C-]=O)C1.COc1cc2c(cc1OC)CN(C(C)C)CC2.[Re].[Re]. The molecule has 0 aromatic heterocycles. The van der Waals surface area contributed by atoms with Crippen molar-refractivity contribution in [3.63, 3.8) is 0 Å². The average Bonchev–Trinajstić information content (AvgIpc) is 3.36. The molecule has 0 aliphatic carbocycles. The first-order valence-electron chi connectivity index (χ1n) is 12.7. The number of fused-ring (bicyclic) bond motifs is 1. The maximum Gasteiger partial charge on any atom is 0.161 e. The number of nitrogens with one attached hydrogen (secondary N) is 1. The summed E-state index contributed by atoms with van der Waals surface area (Å²) in [4.78, 5) is 28.2. The number of ether oxygens (including phenoxy) is 2. The molecule has 1 N–H and O–H groups in total. The van der Waals surface area contributed by atoms with E-state index in [4.69, 9.17) is 9.47 Å². The van der Waals surface area contributed by atoms with Crippen molar-refractivity contribution in [3.05, 3.63) is 23.3 Å². The zero-order valence-corrected chi connectivity index (χ0v) is 29.9. The van der Waals surface area contributed by atoms with E-state index in [0.29, 0.717) is 24.8 Å². The molecule has 38 heavy (non-hydrogen) atoms. The fraction of sp³-hybridized carbons (Fsp3) is 0.704. The minimum Gasteiger partial charge on any atom is -0.520 e. The summed E-state index contributed by atoms with van der Waals surface area (Å²) in [6, 6.07) is 5.83. The molecule has 2 radical (unpaired) electrons. The molecule has 0 bridgehead atoms. The average molecular weight is 878 g/mol. The number of benzene rings is 1. The summed E-state index contributed by atoms with van der Waals surface area (Å²) in [6.45, 7) is 18.2. The van der Waals surface area contributed by atoms with Gasteiger partial charge in [-0.3, -0.25) is 14.7 Å². The Morgan fingerprint density at radius 2 is 1.45 bits per heavy atom. The van der Waals surface area contributed by atoms with Gasteiger partial charge >= 0.3 is 0 Å². The number of hydrogen-bond donors (Lipinski definition) is 1. The van der Waals surface area contributed by atoms with E-state index >= 15 is 0 Å². The van der Waals surface area contributed by atoms with Crippen LogP contribution in [0.15, 0.2) is 12.1 Å². The summed E-state index contributed by atoms with van der Waals surface area (Å²) in [6.07, 6.45) is 4.59. The molecular weight excluding hydrogens is 831 g/mol. The quantitative estimate of drug-likeness (QED) is 0.233. The van der Waals surface area contributed by atoms with Gasteiger partial charge in [0.05, 0.1) is 14.2 Å². The van der Waals surface area contributed by atoms with Gasteiger partial charge in [0.25, 0.3) is 0 Å². The number of hydrogen-bond acceptors (Lipinski definition) is 7. The van der Waals surface area contributed by atoms with Gasteiger partial charge in [0, 0.05) is 98.5 Å². The van der Waals surface area contributed by atoms with E-state index in [1.807, 2.05) is 18.4 Å². The summed E-state index contributed by atoms with van der Waals surface area (Å²) in [5.41, 5.74) is 2.75. The third kappa shape index (κ3) is 13.4. The van der Waals surface area contributed by atoms with Gasteiger partial charge in [0.1, 0.15) is 0 Å². The van der Waals surface area contributed by atoms with Crippen molar-refractivity contribution in [3.8, 4) is 11.5 Å². The van der Waals surface area contributed by atoms with Crippen molar-refractivity contribution in [2.75, 3.05) is 54.2 Å². The summed E-state index contributed by atoms with van der Waals surface area (Å²) in [7, 11) is 5.32. The third-order valence-electron chi connectivity index (χ3n) is 6.63. The van der Waals surface area contributed by atoms with E-state index in [1.54, 1.807) is 25.5 Å². The molecule has 2 amide bonds. The van der Waals surface area contributed by atoms with Gasteiger partial charge < -0.3 is 29.3 Å². The first-order chi connectivity index (χ1) is 17.1. The van der Waals surface area contributed by atoms with Crippen LogP contribution in [0.4, 0.5) is 0 Å². The minimum atomic E-state index is 0. The predicted octanol–water partition coefficient (Wildman–Crippen LogP) is 2.44. The fourth-order valence-electron chi connectivity index (χ4n) is 3.79. The van der Waals surface area contributed by atoms with Gasteiger partial charge in [-0.15, -0.1) is 0 Å². The largest absolute Gasteiger partial charge is 0.520 e. The molecule has 0 atom stereocenters. The first-order valence-corrected chi connectivity index (χ1v) is 12.7. The molecule has 2 aliphatic rings. The Balaban J connectivity index is 0. The molecular formula is C27H47N5O4Re2-2. The number of rotatable bonds is 9. The van der Waals surface area contributed by atoms with Gasteiger partial charge in [-0.2, -0.15) is 12.8 Å². The molecule has 0 saturated carbocycles. The Hall–Kier alpha value is -1.04. The Bertz CT molecular complexity index is 799. The van der Waals surface area contributed by atoms with Gasteiger partial charge in [0.2, 0.25) is 0 Å². The van der Waals surface area contributed by atoms with Crippen LogP contribution in [0.3, 0.4) is 0 Å². The normalized spacial score (nSPS) is 14.9. The molecule has 2 heterocycles. The zero-order chi connectivity index (χ0) is 27.3. The fourth-order valence-corrected chi connectivity index (χ4v) is 3.79. The molecule has 3 rings (SSSR count). The standard InChI is InChI=1S/C14H21NO2.C7H13N2O.C6H13N2O.2Re/c1-10(2)15-6-5-11-7-13(16-3)14(17-4)8-12(11)9-15;1-7(2)9-4-3-8(5-9)6-10;1-6(2)8(3)4-7-5-9;;/h7-8,10H,5-6,9H2,1-4H3;7H,3-5H2,1-2H3;6H,4H2,1-3H3,(H,7,9);;/q;2*-1;;. The van der Waals surface area contributed by atoms with Gasteiger partial charge in [-0.05, 0) is 78.3 Å². The number of methoxy groups -OCH3 is 2. The molecule has 0 spiro atoms. The Morgan fingerprint density at radius 3 is 1.84 bits per heavy atom. The second kappa shape index (κ2) is 20.8. The smallest absolute Gasteiger partial charge is 0.161 e.